The molecule has 0 fully saturated rings. The number of nitrogens with zero attached hydrogens (tertiary/aromatic N) is 1. The first kappa shape index (κ1) is 17.8. The minimum absolute atomic E-state index is 0.166. The van der Waals surface area contributed by atoms with Crippen LogP contribution >= 0.6 is 0 Å². The summed E-state index contributed by atoms with van der Waals surface area (Å²) in [5, 5.41) is 5.64. The molecule has 2 aromatic carbocycles. The van der Waals surface area contributed by atoms with Crippen molar-refractivity contribution in [2.24, 2.45) is 0 Å². The summed E-state index contributed by atoms with van der Waals surface area (Å²) in [6, 6.07) is 12.7. The first-order chi connectivity index (χ1) is 12.3. The van der Waals surface area contributed by atoms with E-state index < -0.39 is 0 Å². The molecule has 136 valence electrons. The van der Waals surface area contributed by atoms with E-state index in [-0.39, 0.29) is 11.4 Å². The molecule has 0 saturated carbocycles. The average Bonchev–Trinajstić information content (AvgIpc) is 3.04. The zero-order valence-electron chi connectivity index (χ0n) is 15.4. The van der Waals surface area contributed by atoms with Gasteiger partial charge in [0.1, 0.15) is 11.3 Å². The molecule has 3 rings (SSSR count). The van der Waals surface area contributed by atoms with Gasteiger partial charge in [0.15, 0.2) is 5.58 Å². The number of hydrogen-bond donors (Lipinski definition) is 2. The quantitative estimate of drug-likeness (QED) is 0.726. The van der Waals surface area contributed by atoms with Gasteiger partial charge < -0.3 is 19.8 Å². The highest BCUT2D eigenvalue weighted by molar-refractivity contribution is 5.91. The van der Waals surface area contributed by atoms with E-state index >= 15 is 0 Å². The topological polar surface area (TPSA) is 76.4 Å². The van der Waals surface area contributed by atoms with Crippen molar-refractivity contribution in [2.45, 2.75) is 32.7 Å². The Morgan fingerprint density at radius 2 is 2.00 bits per heavy atom. The van der Waals surface area contributed by atoms with E-state index in [1.165, 1.54) is 0 Å². The summed E-state index contributed by atoms with van der Waals surface area (Å²) >= 11 is 0. The van der Waals surface area contributed by atoms with Crippen molar-refractivity contribution in [2.75, 3.05) is 12.4 Å². The summed E-state index contributed by atoms with van der Waals surface area (Å²) in [5.74, 6) is 1.43. The van der Waals surface area contributed by atoms with E-state index in [9.17, 15) is 4.79 Å². The number of rotatable bonds is 4. The van der Waals surface area contributed by atoms with Crippen LogP contribution in [-0.4, -0.2) is 18.1 Å². The molecule has 6 nitrogen and oxygen atoms in total. The van der Waals surface area contributed by atoms with E-state index in [2.05, 4.69) is 15.6 Å². The van der Waals surface area contributed by atoms with Crippen LogP contribution in [0.4, 0.5) is 10.5 Å². The fourth-order valence-electron chi connectivity index (χ4n) is 2.47. The van der Waals surface area contributed by atoms with E-state index in [1.54, 1.807) is 19.2 Å². The van der Waals surface area contributed by atoms with Crippen molar-refractivity contribution in [1.82, 2.24) is 10.3 Å². The molecule has 1 heterocycles. The first-order valence-electron chi connectivity index (χ1n) is 8.44. The smallest absolute Gasteiger partial charge is 0.319 e. The zero-order valence-corrected chi connectivity index (χ0v) is 15.4. The minimum Gasteiger partial charge on any atom is -0.497 e. The number of ether oxygens (including phenoxy) is 1. The van der Waals surface area contributed by atoms with Crippen molar-refractivity contribution >= 4 is 22.8 Å². The second-order valence-corrected chi connectivity index (χ2v) is 7.11. The van der Waals surface area contributed by atoms with Crippen molar-refractivity contribution in [3.05, 3.63) is 53.9 Å². The van der Waals surface area contributed by atoms with Crippen molar-refractivity contribution in [1.29, 1.82) is 0 Å². The Balaban J connectivity index is 1.65. The van der Waals surface area contributed by atoms with Gasteiger partial charge in [-0.2, -0.15) is 0 Å². The highest BCUT2D eigenvalue weighted by atomic mass is 16.5. The van der Waals surface area contributed by atoms with Gasteiger partial charge in [-0.1, -0.05) is 32.9 Å². The molecule has 1 aromatic heterocycles. The molecule has 2 amide bonds. The second-order valence-electron chi connectivity index (χ2n) is 7.11. The molecule has 0 spiro atoms. The number of methoxy groups -OCH3 is 1. The SMILES string of the molecule is COc1cccc(CNC(=O)Nc2ccc3oc(C(C)(C)C)nc3c2)c1. The summed E-state index contributed by atoms with van der Waals surface area (Å²) in [6.07, 6.45) is 0. The Bertz CT molecular complexity index is 925. The fraction of sp³-hybridized carbons (Fsp3) is 0.300. The number of oxazole rings is 1. The van der Waals surface area contributed by atoms with E-state index in [4.69, 9.17) is 9.15 Å². The summed E-state index contributed by atoms with van der Waals surface area (Å²) < 4.78 is 10.9. The Hall–Kier alpha value is -3.02. The molecule has 0 aliphatic rings. The van der Waals surface area contributed by atoms with Crippen molar-refractivity contribution < 1.29 is 13.9 Å². The number of aromatic nitrogens is 1. The van der Waals surface area contributed by atoms with Gasteiger partial charge in [0.2, 0.25) is 5.89 Å². The van der Waals surface area contributed by atoms with E-state index in [1.807, 2.05) is 51.1 Å². The molecular weight excluding hydrogens is 330 g/mol. The third-order valence-electron chi connectivity index (χ3n) is 3.87. The van der Waals surface area contributed by atoms with E-state index in [0.29, 0.717) is 23.7 Å². The normalized spacial score (nSPS) is 11.4. The van der Waals surface area contributed by atoms with Crippen molar-refractivity contribution in [3.63, 3.8) is 0 Å². The summed E-state index contributed by atoms with van der Waals surface area (Å²) in [5.41, 5.74) is 2.88. The van der Waals surface area contributed by atoms with Gasteiger partial charge >= 0.3 is 6.03 Å². The molecule has 6 heteroatoms. The van der Waals surface area contributed by atoms with Gasteiger partial charge in [-0.25, -0.2) is 9.78 Å². The van der Waals surface area contributed by atoms with Gasteiger partial charge in [-0.3, -0.25) is 0 Å². The number of carbonyl (C=O) groups is 1. The number of urea groups is 1. The molecule has 26 heavy (non-hydrogen) atoms. The molecule has 3 aromatic rings. The first-order valence-corrected chi connectivity index (χ1v) is 8.44. The Morgan fingerprint density at radius 3 is 2.73 bits per heavy atom. The highest BCUT2D eigenvalue weighted by Crippen LogP contribution is 2.27. The predicted octanol–water partition coefficient (Wildman–Crippen LogP) is 4.46. The van der Waals surface area contributed by atoms with Gasteiger partial charge in [-0.15, -0.1) is 0 Å². The summed E-state index contributed by atoms with van der Waals surface area (Å²) in [4.78, 5) is 16.7. The lowest BCUT2D eigenvalue weighted by molar-refractivity contribution is 0.251. The van der Waals surface area contributed by atoms with Crippen LogP contribution in [0.15, 0.2) is 46.9 Å². The molecule has 0 aliphatic heterocycles. The van der Waals surface area contributed by atoms with Crippen molar-refractivity contribution in [3.8, 4) is 5.75 Å². The predicted molar refractivity (Wildman–Crippen MR) is 102 cm³/mol. The molecule has 0 saturated heterocycles. The van der Waals surface area contributed by atoms with Crippen LogP contribution in [0.3, 0.4) is 0 Å². The number of benzene rings is 2. The molecule has 0 atom stereocenters. The molecule has 0 radical (unpaired) electrons. The van der Waals surface area contributed by atoms with Crippen LogP contribution in [-0.2, 0) is 12.0 Å². The molecule has 0 bridgehead atoms. The lowest BCUT2D eigenvalue weighted by Crippen LogP contribution is -2.28. The number of hydrogen-bond acceptors (Lipinski definition) is 4. The van der Waals surface area contributed by atoms with Gasteiger partial charge in [0.05, 0.1) is 7.11 Å². The van der Waals surface area contributed by atoms with Crippen LogP contribution in [0.5, 0.6) is 5.75 Å². The third-order valence-corrected chi connectivity index (χ3v) is 3.87. The Kier molecular flexibility index (Phi) is 4.84. The fourth-order valence-corrected chi connectivity index (χ4v) is 2.47. The lowest BCUT2D eigenvalue weighted by atomic mass is 9.97. The Labute approximate surface area is 152 Å². The highest BCUT2D eigenvalue weighted by Gasteiger charge is 2.21. The summed E-state index contributed by atoms with van der Waals surface area (Å²) in [7, 11) is 1.62. The minimum atomic E-state index is -0.285. The Morgan fingerprint density at radius 1 is 1.19 bits per heavy atom. The molecule has 0 unspecified atom stereocenters. The maximum Gasteiger partial charge on any atom is 0.319 e. The van der Waals surface area contributed by atoms with Gasteiger partial charge in [0, 0.05) is 17.6 Å². The third kappa shape index (κ3) is 4.14. The monoisotopic (exact) mass is 353 g/mol. The molecule has 2 N–H and O–H groups in total. The number of amides is 2. The largest absolute Gasteiger partial charge is 0.497 e. The van der Waals surface area contributed by atoms with Gasteiger partial charge in [0.25, 0.3) is 0 Å². The zero-order chi connectivity index (χ0) is 18.7. The van der Waals surface area contributed by atoms with Crippen LogP contribution in [0.1, 0.15) is 32.2 Å². The number of fused-ring (bicyclic) bond motifs is 1. The van der Waals surface area contributed by atoms with E-state index in [0.717, 1.165) is 16.8 Å². The molecular formula is C20H23N3O3. The maximum atomic E-state index is 12.1. The lowest BCUT2D eigenvalue weighted by Gasteiger charge is -2.11. The van der Waals surface area contributed by atoms with Crippen LogP contribution in [0, 0.1) is 0 Å². The number of carbonyl (C=O) groups excluding carboxylic acids is 1. The van der Waals surface area contributed by atoms with Crippen LogP contribution < -0.4 is 15.4 Å². The molecule has 0 aliphatic carbocycles. The second kappa shape index (κ2) is 7.07. The number of anilines is 1. The summed E-state index contributed by atoms with van der Waals surface area (Å²) in [6.45, 7) is 6.54. The number of nitrogens with one attached hydrogen (secondary N) is 2. The average molecular weight is 353 g/mol. The van der Waals surface area contributed by atoms with Crippen LogP contribution in [0.25, 0.3) is 11.1 Å². The maximum absolute atomic E-state index is 12.1. The standard InChI is InChI=1S/C20H23N3O3/c1-20(2,3)18-23-16-11-14(8-9-17(16)26-18)22-19(24)21-12-13-6-5-7-15(10-13)25-4/h5-11H,12H2,1-4H3,(H2,21,22,24). The van der Waals surface area contributed by atoms with Gasteiger partial charge in [-0.05, 0) is 35.9 Å². The van der Waals surface area contributed by atoms with Crippen LogP contribution in [0.2, 0.25) is 0 Å².